The quantitative estimate of drug-likeness (QED) is 0.854. The Labute approximate surface area is 116 Å². The van der Waals surface area contributed by atoms with E-state index in [1.54, 1.807) is 25.6 Å². The highest BCUT2D eigenvalue weighted by molar-refractivity contribution is 7.79. The van der Waals surface area contributed by atoms with Crippen molar-refractivity contribution in [3.05, 3.63) is 39.8 Å². The van der Waals surface area contributed by atoms with E-state index in [9.17, 15) is 0 Å². The molecule has 2 aromatic rings. The second-order valence-corrected chi connectivity index (χ2v) is 5.26. The molecule has 3 nitrogen and oxygen atoms in total. The van der Waals surface area contributed by atoms with Crippen LogP contribution in [-0.2, 0) is 12.2 Å². The second-order valence-electron chi connectivity index (χ2n) is 3.74. The number of methoxy groups -OCH3 is 2. The Morgan fingerprint density at radius 3 is 2.61 bits per heavy atom. The summed E-state index contributed by atoms with van der Waals surface area (Å²) in [6.07, 6.45) is 2.69. The Hall–Kier alpha value is -1.20. The van der Waals surface area contributed by atoms with Crippen molar-refractivity contribution >= 4 is 24.0 Å². The van der Waals surface area contributed by atoms with E-state index in [-0.39, 0.29) is 0 Å². The van der Waals surface area contributed by atoms with Gasteiger partial charge in [-0.25, -0.2) is 4.98 Å². The molecule has 1 aromatic carbocycles. The predicted octanol–water partition coefficient (Wildman–Crippen LogP) is 3.18. The highest BCUT2D eigenvalue weighted by atomic mass is 32.1. The van der Waals surface area contributed by atoms with Crippen molar-refractivity contribution in [3.8, 4) is 11.5 Å². The molecule has 0 aliphatic carbocycles. The van der Waals surface area contributed by atoms with Crippen molar-refractivity contribution in [1.82, 2.24) is 4.98 Å². The van der Waals surface area contributed by atoms with Gasteiger partial charge in [0.2, 0.25) is 0 Å². The van der Waals surface area contributed by atoms with E-state index in [1.165, 1.54) is 4.88 Å². The van der Waals surface area contributed by atoms with E-state index in [4.69, 9.17) is 9.47 Å². The highest BCUT2D eigenvalue weighted by Gasteiger charge is 2.07. The van der Waals surface area contributed by atoms with Gasteiger partial charge < -0.3 is 9.47 Å². The Bertz CT molecular complexity index is 525. The zero-order valence-electron chi connectivity index (χ0n) is 10.3. The molecule has 0 bridgehead atoms. The average molecular weight is 281 g/mol. The van der Waals surface area contributed by atoms with Crippen molar-refractivity contribution < 1.29 is 9.47 Å². The highest BCUT2D eigenvalue weighted by Crippen LogP contribution is 2.29. The fourth-order valence-corrected chi connectivity index (χ4v) is 2.76. The number of thiol groups is 1. The van der Waals surface area contributed by atoms with E-state index in [2.05, 4.69) is 17.6 Å². The molecule has 0 saturated heterocycles. The van der Waals surface area contributed by atoms with Gasteiger partial charge in [0, 0.05) is 23.2 Å². The molecule has 18 heavy (non-hydrogen) atoms. The van der Waals surface area contributed by atoms with Crippen LogP contribution in [0.4, 0.5) is 0 Å². The third kappa shape index (κ3) is 2.97. The average Bonchev–Trinajstić information content (AvgIpc) is 2.86. The number of hydrogen-bond donors (Lipinski definition) is 1. The zero-order valence-corrected chi connectivity index (χ0v) is 12.1. The van der Waals surface area contributed by atoms with E-state index in [0.29, 0.717) is 0 Å². The van der Waals surface area contributed by atoms with Gasteiger partial charge in [-0.1, -0.05) is 6.07 Å². The minimum Gasteiger partial charge on any atom is -0.493 e. The molecular weight excluding hydrogens is 266 g/mol. The van der Waals surface area contributed by atoms with Crippen LogP contribution in [0, 0.1) is 0 Å². The molecule has 96 valence electrons. The number of rotatable bonds is 5. The van der Waals surface area contributed by atoms with Gasteiger partial charge in [-0.15, -0.1) is 11.3 Å². The lowest BCUT2D eigenvalue weighted by Gasteiger charge is -2.08. The fourth-order valence-electron chi connectivity index (χ4n) is 1.67. The van der Waals surface area contributed by atoms with Gasteiger partial charge in [0.15, 0.2) is 11.5 Å². The van der Waals surface area contributed by atoms with Gasteiger partial charge in [0.25, 0.3) is 0 Å². The van der Waals surface area contributed by atoms with Gasteiger partial charge in [0.05, 0.1) is 19.2 Å². The fraction of sp³-hybridized carbons (Fsp3) is 0.308. The summed E-state index contributed by atoms with van der Waals surface area (Å²) >= 11 is 5.93. The monoisotopic (exact) mass is 281 g/mol. The third-order valence-electron chi connectivity index (χ3n) is 2.56. The third-order valence-corrected chi connectivity index (χ3v) is 4.11. The summed E-state index contributed by atoms with van der Waals surface area (Å²) < 4.78 is 10.5. The van der Waals surface area contributed by atoms with Crippen molar-refractivity contribution in [2.45, 2.75) is 12.2 Å². The van der Waals surface area contributed by atoms with Crippen molar-refractivity contribution in [3.63, 3.8) is 0 Å². The molecule has 0 aliphatic heterocycles. The number of hydrogen-bond acceptors (Lipinski definition) is 5. The largest absolute Gasteiger partial charge is 0.493 e. The first-order valence-corrected chi connectivity index (χ1v) is 6.97. The van der Waals surface area contributed by atoms with Crippen LogP contribution in [0.3, 0.4) is 0 Å². The summed E-state index contributed by atoms with van der Waals surface area (Å²) in [5, 5.41) is 1.09. The first-order valence-electron chi connectivity index (χ1n) is 5.52. The van der Waals surface area contributed by atoms with Gasteiger partial charge in [-0.3, -0.25) is 0 Å². The van der Waals surface area contributed by atoms with Gasteiger partial charge in [-0.2, -0.15) is 12.6 Å². The van der Waals surface area contributed by atoms with E-state index < -0.39 is 0 Å². The Kier molecular flexibility index (Phi) is 4.49. The summed E-state index contributed by atoms with van der Waals surface area (Å²) in [6, 6.07) is 5.94. The second kappa shape index (κ2) is 6.11. The molecule has 0 spiro atoms. The Balaban J connectivity index is 2.18. The molecule has 0 saturated carbocycles. The van der Waals surface area contributed by atoms with Gasteiger partial charge >= 0.3 is 0 Å². The van der Waals surface area contributed by atoms with Crippen LogP contribution < -0.4 is 9.47 Å². The first-order chi connectivity index (χ1) is 8.76. The van der Waals surface area contributed by atoms with Gasteiger partial charge in [0.1, 0.15) is 0 Å². The van der Waals surface area contributed by atoms with Gasteiger partial charge in [-0.05, 0) is 17.7 Å². The Morgan fingerprint density at radius 2 is 2.00 bits per heavy atom. The van der Waals surface area contributed by atoms with E-state index in [0.717, 1.165) is 34.2 Å². The molecule has 0 aliphatic rings. The summed E-state index contributed by atoms with van der Waals surface area (Å²) in [4.78, 5) is 5.57. The summed E-state index contributed by atoms with van der Waals surface area (Å²) in [7, 11) is 3.28. The van der Waals surface area contributed by atoms with Crippen molar-refractivity contribution in [2.24, 2.45) is 0 Å². The van der Waals surface area contributed by atoms with Crippen LogP contribution in [0.25, 0.3) is 0 Å². The summed E-state index contributed by atoms with van der Waals surface area (Å²) in [6.45, 7) is 0. The molecule has 2 rings (SSSR count). The SMILES string of the molecule is COc1ccc(Cc2ncc(CS)s2)cc1OC. The molecule has 0 N–H and O–H groups in total. The molecule has 0 atom stereocenters. The van der Waals surface area contributed by atoms with E-state index >= 15 is 0 Å². The number of nitrogens with zero attached hydrogens (tertiary/aromatic N) is 1. The van der Waals surface area contributed by atoms with Crippen LogP contribution >= 0.6 is 24.0 Å². The number of thiazole rings is 1. The Morgan fingerprint density at radius 1 is 1.22 bits per heavy atom. The molecule has 0 fully saturated rings. The molecule has 0 radical (unpaired) electrons. The van der Waals surface area contributed by atoms with Crippen molar-refractivity contribution in [1.29, 1.82) is 0 Å². The molecule has 0 unspecified atom stereocenters. The van der Waals surface area contributed by atoms with Crippen molar-refractivity contribution in [2.75, 3.05) is 14.2 Å². The summed E-state index contributed by atoms with van der Waals surface area (Å²) in [5.41, 5.74) is 1.16. The van der Waals surface area contributed by atoms with Crippen LogP contribution in [0.5, 0.6) is 11.5 Å². The lowest BCUT2D eigenvalue weighted by Crippen LogP contribution is -1.93. The summed E-state index contributed by atoms with van der Waals surface area (Å²) in [5.74, 6) is 2.24. The lowest BCUT2D eigenvalue weighted by atomic mass is 10.1. The lowest BCUT2D eigenvalue weighted by molar-refractivity contribution is 0.354. The number of benzene rings is 1. The molecule has 1 heterocycles. The molecule has 1 aromatic heterocycles. The smallest absolute Gasteiger partial charge is 0.160 e. The zero-order chi connectivity index (χ0) is 13.0. The van der Waals surface area contributed by atoms with Crippen LogP contribution in [0.2, 0.25) is 0 Å². The number of ether oxygens (including phenoxy) is 2. The van der Waals surface area contributed by atoms with Crippen LogP contribution in [0.15, 0.2) is 24.4 Å². The van der Waals surface area contributed by atoms with E-state index in [1.807, 2.05) is 24.4 Å². The number of aromatic nitrogens is 1. The normalized spacial score (nSPS) is 10.4. The van der Waals surface area contributed by atoms with Crippen LogP contribution in [0.1, 0.15) is 15.4 Å². The standard InChI is InChI=1S/C13H15NO2S2/c1-15-11-4-3-9(5-12(11)16-2)6-13-14-7-10(8-17)18-13/h3-5,7,17H,6,8H2,1-2H3. The maximum atomic E-state index is 5.29. The maximum absolute atomic E-state index is 5.29. The first kappa shape index (κ1) is 13.2. The topological polar surface area (TPSA) is 31.4 Å². The molecule has 0 amide bonds. The maximum Gasteiger partial charge on any atom is 0.160 e. The minimum absolute atomic E-state index is 0.740. The minimum atomic E-state index is 0.740. The van der Waals surface area contributed by atoms with Crippen LogP contribution in [-0.4, -0.2) is 19.2 Å². The predicted molar refractivity (Wildman–Crippen MR) is 77.2 cm³/mol. The molecular formula is C13H15NO2S2. The molecule has 5 heteroatoms.